The number of nitrogens with one attached hydrogen (secondary N) is 1. The molecule has 0 atom stereocenters. The first-order valence-corrected chi connectivity index (χ1v) is 13.2. The normalized spacial score (nSPS) is 14.5. The summed E-state index contributed by atoms with van der Waals surface area (Å²) in [6.07, 6.45) is 0. The molecule has 37 heavy (non-hydrogen) atoms. The van der Waals surface area contributed by atoms with Gasteiger partial charge < -0.3 is 9.88 Å². The summed E-state index contributed by atoms with van der Waals surface area (Å²) in [5.74, 6) is 0. The number of rotatable bonds is 1. The summed E-state index contributed by atoms with van der Waals surface area (Å²) < 4.78 is 2.51. The van der Waals surface area contributed by atoms with E-state index in [9.17, 15) is 0 Å². The van der Waals surface area contributed by atoms with Crippen LogP contribution in [0.5, 0.6) is 0 Å². The van der Waals surface area contributed by atoms with Gasteiger partial charge in [0.1, 0.15) is 0 Å². The van der Waals surface area contributed by atoms with Crippen LogP contribution >= 0.6 is 0 Å². The lowest BCUT2D eigenvalue weighted by atomic mass is 9.58. The maximum Gasteiger partial charge on any atom is 0.198 e. The molecule has 5 aromatic carbocycles. The van der Waals surface area contributed by atoms with Crippen molar-refractivity contribution in [2.45, 2.75) is 26.2 Å². The Hall–Kier alpha value is -4.24. The predicted octanol–water partition coefficient (Wildman–Crippen LogP) is 6.84. The first-order chi connectivity index (χ1) is 18.0. The minimum atomic E-state index is -0.0769. The van der Waals surface area contributed by atoms with Crippen LogP contribution in [0.1, 0.15) is 30.5 Å². The smallest absolute Gasteiger partial charge is 0.198 e. The summed E-state index contributed by atoms with van der Waals surface area (Å²) in [7, 11) is 0.933. The highest BCUT2D eigenvalue weighted by molar-refractivity contribution is 6.73. The van der Waals surface area contributed by atoms with Gasteiger partial charge in [0.15, 0.2) is 7.28 Å². The van der Waals surface area contributed by atoms with Gasteiger partial charge in [0.05, 0.1) is 11.2 Å². The maximum absolute atomic E-state index is 3.85. The average molecular weight is 474 g/mol. The Morgan fingerprint density at radius 1 is 0.730 bits per heavy atom. The number of benzene rings is 5. The van der Waals surface area contributed by atoms with Crippen LogP contribution in [-0.2, 0) is 5.41 Å². The van der Waals surface area contributed by atoms with Crippen LogP contribution in [0.2, 0.25) is 0 Å². The van der Waals surface area contributed by atoms with Gasteiger partial charge in [-0.25, -0.2) is 0 Å². The first-order valence-electron chi connectivity index (χ1n) is 13.2. The lowest BCUT2D eigenvalue weighted by Gasteiger charge is -2.37. The molecule has 0 saturated heterocycles. The van der Waals surface area contributed by atoms with Crippen molar-refractivity contribution in [3.05, 3.63) is 114 Å². The van der Waals surface area contributed by atoms with Crippen molar-refractivity contribution in [3.8, 4) is 16.8 Å². The highest BCUT2D eigenvalue weighted by Gasteiger charge is 2.34. The van der Waals surface area contributed by atoms with Crippen LogP contribution in [0.3, 0.4) is 0 Å². The van der Waals surface area contributed by atoms with E-state index in [1.54, 1.807) is 0 Å². The van der Waals surface area contributed by atoms with Gasteiger partial charge in [-0.05, 0) is 52.8 Å². The molecule has 6 aromatic rings. The van der Waals surface area contributed by atoms with Gasteiger partial charge in [0.2, 0.25) is 0 Å². The molecule has 8 rings (SSSR count). The fourth-order valence-electron chi connectivity index (χ4n) is 6.94. The molecule has 176 valence electrons. The van der Waals surface area contributed by atoms with E-state index in [1.165, 1.54) is 77.6 Å². The van der Waals surface area contributed by atoms with E-state index in [0.29, 0.717) is 0 Å². The van der Waals surface area contributed by atoms with Crippen LogP contribution in [0.25, 0.3) is 38.6 Å². The third-order valence-electron chi connectivity index (χ3n) is 8.65. The van der Waals surface area contributed by atoms with Gasteiger partial charge in [-0.1, -0.05) is 98.2 Å². The summed E-state index contributed by atoms with van der Waals surface area (Å²) >= 11 is 0. The predicted molar refractivity (Wildman–Crippen MR) is 159 cm³/mol. The van der Waals surface area contributed by atoms with Crippen molar-refractivity contribution in [1.82, 2.24) is 4.57 Å². The summed E-state index contributed by atoms with van der Waals surface area (Å²) in [6, 6.07) is 36.0. The maximum atomic E-state index is 3.85. The molecule has 0 spiro atoms. The second-order valence-corrected chi connectivity index (χ2v) is 11.2. The van der Waals surface area contributed by atoms with E-state index >= 15 is 0 Å². The Bertz CT molecular complexity index is 1920. The van der Waals surface area contributed by atoms with Gasteiger partial charge in [0.25, 0.3) is 0 Å². The second kappa shape index (κ2) is 7.17. The third kappa shape index (κ3) is 2.72. The Labute approximate surface area is 217 Å². The van der Waals surface area contributed by atoms with Crippen molar-refractivity contribution >= 4 is 51.4 Å². The summed E-state index contributed by atoms with van der Waals surface area (Å²) in [5.41, 5.74) is 15.7. The second-order valence-electron chi connectivity index (χ2n) is 11.2. The molecule has 0 fully saturated rings. The van der Waals surface area contributed by atoms with Crippen molar-refractivity contribution in [2.24, 2.45) is 0 Å². The highest BCUT2D eigenvalue weighted by Crippen LogP contribution is 2.48. The van der Waals surface area contributed by atoms with Gasteiger partial charge in [-0.3, -0.25) is 0 Å². The van der Waals surface area contributed by atoms with Crippen LogP contribution in [0.15, 0.2) is 97.1 Å². The molecule has 0 bridgehead atoms. The Balaban J connectivity index is 1.44. The van der Waals surface area contributed by atoms with Crippen LogP contribution < -0.4 is 16.2 Å². The number of nitrogens with zero attached hydrogens (tertiary/aromatic N) is 1. The zero-order chi connectivity index (χ0) is 24.9. The molecular formula is C34H27BN2. The number of anilines is 2. The number of aromatic nitrogens is 1. The molecular weight excluding hydrogens is 447 g/mol. The van der Waals surface area contributed by atoms with E-state index < -0.39 is 0 Å². The molecule has 2 nitrogen and oxygen atoms in total. The number of fused-ring (bicyclic) bond motifs is 7. The van der Waals surface area contributed by atoms with Gasteiger partial charge >= 0.3 is 0 Å². The summed E-state index contributed by atoms with van der Waals surface area (Å²) in [5, 5.41) is 6.52. The van der Waals surface area contributed by atoms with E-state index in [0.717, 1.165) is 7.28 Å². The molecule has 2 aliphatic rings. The number of hydrogen-bond donors (Lipinski definition) is 1. The first kappa shape index (κ1) is 20.9. The fraction of sp³-hybridized carbons (Fsp3) is 0.118. The zero-order valence-corrected chi connectivity index (χ0v) is 21.4. The van der Waals surface area contributed by atoms with Crippen LogP contribution in [0.4, 0.5) is 11.4 Å². The molecule has 0 aliphatic carbocycles. The number of hydrogen-bond acceptors (Lipinski definition) is 1. The van der Waals surface area contributed by atoms with E-state index in [1.807, 2.05) is 0 Å². The summed E-state index contributed by atoms with van der Waals surface area (Å²) in [4.78, 5) is 0. The number of aryl methyl sites for hydroxylation is 1. The minimum Gasteiger partial charge on any atom is -0.355 e. The van der Waals surface area contributed by atoms with Crippen molar-refractivity contribution < 1.29 is 0 Å². The van der Waals surface area contributed by atoms with Crippen LogP contribution in [-0.4, -0.2) is 11.8 Å². The molecule has 3 heterocycles. The molecule has 2 aliphatic heterocycles. The Morgan fingerprint density at radius 3 is 2.41 bits per heavy atom. The minimum absolute atomic E-state index is 0.0769. The SMILES string of the molecule is Cc1cc(-c2cccc3c2Nc2ccccc2C3(C)C)c2c(c1)-n1c3ccccc3c3cccc(c31)B2. The lowest BCUT2D eigenvalue weighted by molar-refractivity contribution is 0.638. The molecule has 1 aromatic heterocycles. The van der Waals surface area contributed by atoms with E-state index in [2.05, 4.69) is 128 Å². The molecule has 0 radical (unpaired) electrons. The van der Waals surface area contributed by atoms with E-state index in [4.69, 9.17) is 0 Å². The highest BCUT2D eigenvalue weighted by atomic mass is 15.0. The Morgan fingerprint density at radius 2 is 1.49 bits per heavy atom. The van der Waals surface area contributed by atoms with Crippen molar-refractivity contribution in [3.63, 3.8) is 0 Å². The Kier molecular flexibility index (Phi) is 4.05. The summed E-state index contributed by atoms with van der Waals surface area (Å²) in [6.45, 7) is 6.93. The average Bonchev–Trinajstić information content (AvgIpc) is 3.25. The molecule has 0 unspecified atom stereocenters. The fourth-order valence-corrected chi connectivity index (χ4v) is 6.94. The monoisotopic (exact) mass is 474 g/mol. The van der Waals surface area contributed by atoms with Gasteiger partial charge in [-0.2, -0.15) is 0 Å². The van der Waals surface area contributed by atoms with E-state index in [-0.39, 0.29) is 5.41 Å². The largest absolute Gasteiger partial charge is 0.355 e. The van der Waals surface area contributed by atoms with Crippen molar-refractivity contribution in [1.29, 1.82) is 0 Å². The standard InChI is InChI=1S/C34H27BN2/c1-20-18-24(22-11-8-14-26-32(22)36-28-16-6-5-13-25(28)34(26,2)3)31-30(19-20)37-29-17-7-4-10-21(29)23-12-9-15-27(35-31)33(23)37/h4-19,35-36H,1-3H3. The van der Waals surface area contributed by atoms with Crippen LogP contribution in [0, 0.1) is 6.92 Å². The van der Waals surface area contributed by atoms with Gasteiger partial charge in [-0.15, -0.1) is 0 Å². The topological polar surface area (TPSA) is 17.0 Å². The third-order valence-corrected chi connectivity index (χ3v) is 8.65. The van der Waals surface area contributed by atoms with Gasteiger partial charge in [0, 0.05) is 38.6 Å². The molecule has 0 amide bonds. The zero-order valence-electron chi connectivity index (χ0n) is 21.4. The van der Waals surface area contributed by atoms with Crippen molar-refractivity contribution in [2.75, 3.05) is 5.32 Å². The molecule has 1 N–H and O–H groups in total. The molecule has 3 heteroatoms. The number of para-hydroxylation sites is 4. The lowest BCUT2D eigenvalue weighted by Crippen LogP contribution is -2.37. The molecule has 0 saturated carbocycles. The quantitative estimate of drug-likeness (QED) is 0.258.